The van der Waals surface area contributed by atoms with Crippen LogP contribution in [0.25, 0.3) is 0 Å². The monoisotopic (exact) mass is 350 g/mol. The third-order valence-corrected chi connectivity index (χ3v) is 3.81. The number of aliphatic hydroxyl groups is 1. The molecule has 0 saturated carbocycles. The van der Waals surface area contributed by atoms with Gasteiger partial charge in [-0.2, -0.15) is 0 Å². The highest BCUT2D eigenvalue weighted by molar-refractivity contribution is 9.10. The van der Waals surface area contributed by atoms with Crippen molar-refractivity contribution in [3.05, 3.63) is 68.4 Å². The molecule has 2 rings (SSSR count). The molecule has 19 heavy (non-hydrogen) atoms. The number of rotatable bonds is 2. The van der Waals surface area contributed by atoms with Gasteiger partial charge in [0.25, 0.3) is 0 Å². The molecule has 0 aliphatic carbocycles. The van der Waals surface area contributed by atoms with E-state index in [1.807, 2.05) is 0 Å². The van der Waals surface area contributed by atoms with Gasteiger partial charge in [0.1, 0.15) is 11.9 Å². The van der Waals surface area contributed by atoms with E-state index in [2.05, 4.69) is 15.9 Å². The van der Waals surface area contributed by atoms with Crippen molar-refractivity contribution in [2.24, 2.45) is 0 Å². The summed E-state index contributed by atoms with van der Waals surface area (Å²) < 4.78 is 40.7. The SMILES string of the molecule is OC(c1cc(Cl)c(Br)cc1F)c1cccc(F)c1F. The summed E-state index contributed by atoms with van der Waals surface area (Å²) >= 11 is 8.82. The maximum atomic E-state index is 13.7. The van der Waals surface area contributed by atoms with Gasteiger partial charge in [-0.1, -0.05) is 23.7 Å². The minimum absolute atomic E-state index is 0.160. The van der Waals surface area contributed by atoms with E-state index in [4.69, 9.17) is 11.6 Å². The molecule has 0 amide bonds. The molecule has 0 aliphatic heterocycles. The second kappa shape index (κ2) is 5.53. The molecule has 2 aromatic carbocycles. The van der Waals surface area contributed by atoms with Crippen LogP contribution in [-0.2, 0) is 0 Å². The van der Waals surface area contributed by atoms with Gasteiger partial charge < -0.3 is 5.11 Å². The number of benzene rings is 2. The Kier molecular flexibility index (Phi) is 4.18. The van der Waals surface area contributed by atoms with Crippen molar-refractivity contribution in [2.75, 3.05) is 0 Å². The van der Waals surface area contributed by atoms with Crippen LogP contribution in [0, 0.1) is 17.5 Å². The summed E-state index contributed by atoms with van der Waals surface area (Å²) in [5.41, 5.74) is -0.574. The first-order valence-corrected chi connectivity index (χ1v) is 6.35. The first kappa shape index (κ1) is 14.4. The van der Waals surface area contributed by atoms with E-state index in [1.165, 1.54) is 12.1 Å². The average molecular weight is 352 g/mol. The Bertz CT molecular complexity index is 634. The summed E-state index contributed by atoms with van der Waals surface area (Å²) in [6.45, 7) is 0. The molecular weight excluding hydrogens is 344 g/mol. The summed E-state index contributed by atoms with van der Waals surface area (Å²) in [4.78, 5) is 0. The van der Waals surface area contributed by atoms with E-state index in [9.17, 15) is 18.3 Å². The second-order valence-electron chi connectivity index (χ2n) is 3.83. The molecular formula is C13H7BrClF3O. The Labute approximate surface area is 120 Å². The normalized spacial score (nSPS) is 12.5. The predicted molar refractivity (Wildman–Crippen MR) is 69.5 cm³/mol. The van der Waals surface area contributed by atoms with Crippen LogP contribution in [-0.4, -0.2) is 5.11 Å². The maximum Gasteiger partial charge on any atom is 0.164 e. The zero-order valence-corrected chi connectivity index (χ0v) is 11.6. The Hall–Kier alpha value is -1.04. The third kappa shape index (κ3) is 2.78. The zero-order chi connectivity index (χ0) is 14.2. The van der Waals surface area contributed by atoms with E-state index in [0.29, 0.717) is 4.47 Å². The van der Waals surface area contributed by atoms with Gasteiger partial charge in [-0.3, -0.25) is 0 Å². The molecule has 100 valence electrons. The van der Waals surface area contributed by atoms with Gasteiger partial charge in [0, 0.05) is 15.6 Å². The van der Waals surface area contributed by atoms with Crippen LogP contribution in [0.15, 0.2) is 34.8 Å². The lowest BCUT2D eigenvalue weighted by Gasteiger charge is -2.14. The van der Waals surface area contributed by atoms with Gasteiger partial charge in [-0.25, -0.2) is 13.2 Å². The Morgan fingerprint density at radius 1 is 1.05 bits per heavy atom. The smallest absolute Gasteiger partial charge is 0.164 e. The zero-order valence-electron chi connectivity index (χ0n) is 9.30. The fraction of sp³-hybridized carbons (Fsp3) is 0.0769. The Morgan fingerprint density at radius 2 is 1.74 bits per heavy atom. The number of hydrogen-bond acceptors (Lipinski definition) is 1. The quantitative estimate of drug-likeness (QED) is 0.784. The van der Waals surface area contributed by atoms with Gasteiger partial charge in [0.05, 0.1) is 5.02 Å². The van der Waals surface area contributed by atoms with E-state index >= 15 is 0 Å². The van der Waals surface area contributed by atoms with Crippen molar-refractivity contribution in [3.63, 3.8) is 0 Å². The largest absolute Gasteiger partial charge is 0.383 e. The lowest BCUT2D eigenvalue weighted by Crippen LogP contribution is -2.06. The highest BCUT2D eigenvalue weighted by Gasteiger charge is 2.21. The van der Waals surface area contributed by atoms with Crippen molar-refractivity contribution >= 4 is 27.5 Å². The standard InChI is InChI=1S/C13H7BrClF3O/c14-8-5-11(17)7(4-9(8)15)13(19)6-2-1-3-10(16)12(6)18/h1-5,13,19H. The van der Waals surface area contributed by atoms with Crippen LogP contribution in [0.1, 0.15) is 17.2 Å². The van der Waals surface area contributed by atoms with Crippen LogP contribution in [0.3, 0.4) is 0 Å². The average Bonchev–Trinajstić information content (AvgIpc) is 2.36. The van der Waals surface area contributed by atoms with E-state index < -0.39 is 23.6 Å². The molecule has 1 nitrogen and oxygen atoms in total. The van der Waals surface area contributed by atoms with Gasteiger partial charge >= 0.3 is 0 Å². The molecule has 0 aromatic heterocycles. The summed E-state index contributed by atoms with van der Waals surface area (Å²) in [6, 6.07) is 5.54. The lowest BCUT2D eigenvalue weighted by molar-refractivity contribution is 0.208. The minimum Gasteiger partial charge on any atom is -0.383 e. The molecule has 0 heterocycles. The van der Waals surface area contributed by atoms with E-state index in [1.54, 1.807) is 0 Å². The van der Waals surface area contributed by atoms with Gasteiger partial charge in [0.15, 0.2) is 11.6 Å². The predicted octanol–water partition coefficient (Wildman–Crippen LogP) is 4.60. The first-order valence-electron chi connectivity index (χ1n) is 5.18. The van der Waals surface area contributed by atoms with Gasteiger partial charge in [-0.15, -0.1) is 0 Å². The summed E-state index contributed by atoms with van der Waals surface area (Å²) in [7, 11) is 0. The van der Waals surface area contributed by atoms with Gasteiger partial charge in [-0.05, 0) is 34.1 Å². The van der Waals surface area contributed by atoms with Crippen LogP contribution in [0.4, 0.5) is 13.2 Å². The molecule has 0 bridgehead atoms. The highest BCUT2D eigenvalue weighted by atomic mass is 79.9. The number of aliphatic hydroxyl groups excluding tert-OH is 1. The summed E-state index contributed by atoms with van der Waals surface area (Å²) in [5, 5.41) is 10.1. The van der Waals surface area contributed by atoms with E-state index in [-0.39, 0.29) is 16.1 Å². The van der Waals surface area contributed by atoms with Crippen molar-refractivity contribution in [1.29, 1.82) is 0 Å². The molecule has 1 atom stereocenters. The summed E-state index contributed by atoms with van der Waals surface area (Å²) in [6.07, 6.45) is -1.64. The lowest BCUT2D eigenvalue weighted by atomic mass is 10.0. The minimum atomic E-state index is -1.64. The fourth-order valence-corrected chi connectivity index (χ4v) is 2.13. The van der Waals surface area contributed by atoms with Crippen LogP contribution in [0.5, 0.6) is 0 Å². The summed E-state index contributed by atoms with van der Waals surface area (Å²) in [5.74, 6) is -3.10. The molecule has 0 aliphatic rings. The Balaban J connectivity index is 2.53. The molecule has 6 heteroatoms. The highest BCUT2D eigenvalue weighted by Crippen LogP contribution is 2.32. The molecule has 0 fully saturated rings. The third-order valence-electron chi connectivity index (χ3n) is 2.61. The Morgan fingerprint density at radius 3 is 2.42 bits per heavy atom. The molecule has 0 saturated heterocycles. The van der Waals surface area contributed by atoms with Crippen molar-refractivity contribution in [2.45, 2.75) is 6.10 Å². The van der Waals surface area contributed by atoms with Crippen LogP contribution in [0.2, 0.25) is 5.02 Å². The maximum absolute atomic E-state index is 13.7. The second-order valence-corrected chi connectivity index (χ2v) is 5.09. The number of hydrogen-bond donors (Lipinski definition) is 1. The van der Waals surface area contributed by atoms with Crippen molar-refractivity contribution in [1.82, 2.24) is 0 Å². The van der Waals surface area contributed by atoms with Crippen molar-refractivity contribution < 1.29 is 18.3 Å². The van der Waals surface area contributed by atoms with Crippen LogP contribution < -0.4 is 0 Å². The van der Waals surface area contributed by atoms with Crippen LogP contribution >= 0.6 is 27.5 Å². The van der Waals surface area contributed by atoms with E-state index in [0.717, 1.165) is 18.2 Å². The fourth-order valence-electron chi connectivity index (χ4n) is 1.65. The molecule has 0 spiro atoms. The first-order chi connectivity index (χ1) is 8.91. The number of halogens is 5. The van der Waals surface area contributed by atoms with Gasteiger partial charge in [0.2, 0.25) is 0 Å². The molecule has 1 N–H and O–H groups in total. The molecule has 0 radical (unpaired) electrons. The molecule has 1 unspecified atom stereocenters. The molecule has 2 aromatic rings. The topological polar surface area (TPSA) is 20.2 Å². The van der Waals surface area contributed by atoms with Crippen molar-refractivity contribution in [3.8, 4) is 0 Å².